The van der Waals surface area contributed by atoms with E-state index in [1.165, 1.54) is 17.0 Å². The highest BCUT2D eigenvalue weighted by atomic mass is 19.1. The third-order valence-corrected chi connectivity index (χ3v) is 3.08. The monoisotopic (exact) mass is 273 g/mol. The predicted octanol–water partition coefficient (Wildman–Crippen LogP) is 2.70. The van der Waals surface area contributed by atoms with Crippen LogP contribution in [0.2, 0.25) is 0 Å². The second-order valence-electron chi connectivity index (χ2n) is 4.53. The number of nitrogen functional groups attached to an aromatic ring is 1. The largest absolute Gasteiger partial charge is 0.323 e. The molecule has 0 unspecified atom stereocenters. The topological polar surface area (TPSA) is 58.4 Å². The van der Waals surface area contributed by atoms with Crippen molar-refractivity contribution in [1.82, 2.24) is 0 Å². The van der Waals surface area contributed by atoms with Crippen molar-refractivity contribution in [3.63, 3.8) is 0 Å². The van der Waals surface area contributed by atoms with Crippen molar-refractivity contribution in [2.45, 2.75) is 6.92 Å². The van der Waals surface area contributed by atoms with E-state index < -0.39 is 0 Å². The van der Waals surface area contributed by atoms with Gasteiger partial charge in [0, 0.05) is 12.7 Å². The van der Waals surface area contributed by atoms with Gasteiger partial charge in [0.05, 0.1) is 11.3 Å². The maximum absolute atomic E-state index is 12.9. The number of amides is 1. The summed E-state index contributed by atoms with van der Waals surface area (Å²) in [6.45, 7) is 1.90. The minimum absolute atomic E-state index is 0.215. The molecule has 2 aromatic carbocycles. The van der Waals surface area contributed by atoms with E-state index in [1.807, 2.05) is 13.0 Å². The molecule has 5 heteroatoms. The molecular formula is C15H16FN3O. The summed E-state index contributed by atoms with van der Waals surface area (Å²) in [6, 6.07) is 11.1. The van der Waals surface area contributed by atoms with E-state index in [0.717, 1.165) is 5.56 Å². The van der Waals surface area contributed by atoms with Crippen LogP contribution in [0.25, 0.3) is 0 Å². The van der Waals surface area contributed by atoms with Crippen molar-refractivity contribution in [2.75, 3.05) is 17.4 Å². The van der Waals surface area contributed by atoms with Crippen LogP contribution in [0.4, 0.5) is 15.8 Å². The van der Waals surface area contributed by atoms with Gasteiger partial charge >= 0.3 is 0 Å². The zero-order valence-electron chi connectivity index (χ0n) is 11.4. The predicted molar refractivity (Wildman–Crippen MR) is 78.1 cm³/mol. The average Bonchev–Trinajstić information content (AvgIpc) is 2.46. The summed E-state index contributed by atoms with van der Waals surface area (Å²) in [5, 5.41) is 0. The molecule has 2 aromatic rings. The van der Waals surface area contributed by atoms with Crippen molar-refractivity contribution >= 4 is 17.3 Å². The fraction of sp³-hybridized carbons (Fsp3) is 0.133. The van der Waals surface area contributed by atoms with Gasteiger partial charge in [-0.25, -0.2) is 4.39 Å². The van der Waals surface area contributed by atoms with Crippen LogP contribution in [0.1, 0.15) is 15.9 Å². The van der Waals surface area contributed by atoms with Crippen LogP contribution in [0.15, 0.2) is 42.5 Å². The normalized spacial score (nSPS) is 10.2. The molecule has 1 amide bonds. The van der Waals surface area contributed by atoms with E-state index in [-0.39, 0.29) is 11.7 Å². The Kier molecular flexibility index (Phi) is 4.00. The molecule has 0 aliphatic heterocycles. The van der Waals surface area contributed by atoms with Gasteiger partial charge in [-0.15, -0.1) is 0 Å². The number of carbonyl (C=O) groups is 1. The second-order valence-corrected chi connectivity index (χ2v) is 4.53. The van der Waals surface area contributed by atoms with Crippen molar-refractivity contribution in [1.29, 1.82) is 0 Å². The van der Waals surface area contributed by atoms with E-state index >= 15 is 0 Å². The molecule has 0 saturated carbocycles. The standard InChI is InChI=1S/C15H16FN3O/c1-10-3-8-14(18-17)13(9-10)15(20)19(2)12-6-4-11(16)5-7-12/h3-9,18H,17H2,1-2H3. The Bertz CT molecular complexity index is 626. The summed E-state index contributed by atoms with van der Waals surface area (Å²) in [5.74, 6) is 4.87. The van der Waals surface area contributed by atoms with Gasteiger partial charge in [-0.2, -0.15) is 0 Å². The Morgan fingerprint density at radius 2 is 1.85 bits per heavy atom. The Morgan fingerprint density at radius 3 is 2.45 bits per heavy atom. The number of benzene rings is 2. The summed E-state index contributed by atoms with van der Waals surface area (Å²) in [5.41, 5.74) is 5.10. The number of nitrogens with zero attached hydrogens (tertiary/aromatic N) is 1. The number of rotatable bonds is 3. The number of hydrogen-bond donors (Lipinski definition) is 2. The van der Waals surface area contributed by atoms with Crippen molar-refractivity contribution in [2.24, 2.45) is 5.84 Å². The van der Waals surface area contributed by atoms with Crippen LogP contribution in [0.5, 0.6) is 0 Å². The van der Waals surface area contributed by atoms with Crippen LogP contribution < -0.4 is 16.2 Å². The number of anilines is 2. The van der Waals surface area contributed by atoms with Gasteiger partial charge in [0.15, 0.2) is 0 Å². The highest BCUT2D eigenvalue weighted by Gasteiger charge is 2.17. The first kappa shape index (κ1) is 14.0. The molecule has 0 fully saturated rings. The van der Waals surface area contributed by atoms with Crippen molar-refractivity contribution in [3.05, 3.63) is 59.4 Å². The summed E-state index contributed by atoms with van der Waals surface area (Å²) < 4.78 is 12.9. The number of hydrazine groups is 1. The molecule has 0 bridgehead atoms. The summed E-state index contributed by atoms with van der Waals surface area (Å²) in [4.78, 5) is 14.0. The smallest absolute Gasteiger partial charge is 0.260 e. The number of nitrogens with two attached hydrogens (primary N) is 1. The first-order valence-electron chi connectivity index (χ1n) is 6.14. The van der Waals surface area contributed by atoms with E-state index in [0.29, 0.717) is 16.9 Å². The maximum atomic E-state index is 12.9. The van der Waals surface area contributed by atoms with Crippen molar-refractivity contribution < 1.29 is 9.18 Å². The Labute approximate surface area is 117 Å². The molecule has 0 heterocycles. The zero-order chi connectivity index (χ0) is 14.7. The van der Waals surface area contributed by atoms with Gasteiger partial charge in [-0.05, 0) is 43.3 Å². The van der Waals surface area contributed by atoms with Crippen LogP contribution in [-0.2, 0) is 0 Å². The highest BCUT2D eigenvalue weighted by Crippen LogP contribution is 2.21. The average molecular weight is 273 g/mol. The highest BCUT2D eigenvalue weighted by molar-refractivity contribution is 6.09. The first-order chi connectivity index (χ1) is 9.52. The lowest BCUT2D eigenvalue weighted by atomic mass is 10.1. The Balaban J connectivity index is 2.35. The van der Waals surface area contributed by atoms with E-state index in [1.54, 1.807) is 31.3 Å². The minimum atomic E-state index is -0.338. The Morgan fingerprint density at radius 1 is 1.20 bits per heavy atom. The van der Waals surface area contributed by atoms with E-state index in [9.17, 15) is 9.18 Å². The SMILES string of the molecule is Cc1ccc(NN)c(C(=O)N(C)c2ccc(F)cc2)c1. The molecule has 0 aliphatic rings. The fourth-order valence-corrected chi connectivity index (χ4v) is 1.92. The molecule has 4 nitrogen and oxygen atoms in total. The number of hydrogen-bond acceptors (Lipinski definition) is 3. The summed E-state index contributed by atoms with van der Waals surface area (Å²) in [6.07, 6.45) is 0. The van der Waals surface area contributed by atoms with Crippen LogP contribution in [0, 0.1) is 12.7 Å². The van der Waals surface area contributed by atoms with Gasteiger partial charge in [0.2, 0.25) is 0 Å². The van der Waals surface area contributed by atoms with Crippen molar-refractivity contribution in [3.8, 4) is 0 Å². The first-order valence-corrected chi connectivity index (χ1v) is 6.14. The molecule has 20 heavy (non-hydrogen) atoms. The van der Waals surface area contributed by atoms with Gasteiger partial charge in [-0.1, -0.05) is 11.6 Å². The minimum Gasteiger partial charge on any atom is -0.323 e. The van der Waals surface area contributed by atoms with Crippen LogP contribution >= 0.6 is 0 Å². The van der Waals surface area contributed by atoms with E-state index in [2.05, 4.69) is 5.43 Å². The number of carbonyl (C=O) groups excluding carboxylic acids is 1. The number of nitrogens with one attached hydrogen (secondary N) is 1. The Hall–Kier alpha value is -2.40. The third kappa shape index (κ3) is 2.78. The molecular weight excluding hydrogens is 257 g/mol. The summed E-state index contributed by atoms with van der Waals surface area (Å²) >= 11 is 0. The molecule has 0 aromatic heterocycles. The lowest BCUT2D eigenvalue weighted by Crippen LogP contribution is -2.27. The van der Waals surface area contributed by atoms with Gasteiger partial charge in [0.1, 0.15) is 5.82 Å². The molecule has 0 aliphatic carbocycles. The fourth-order valence-electron chi connectivity index (χ4n) is 1.92. The third-order valence-electron chi connectivity index (χ3n) is 3.08. The lowest BCUT2D eigenvalue weighted by molar-refractivity contribution is 0.0993. The molecule has 0 radical (unpaired) electrons. The molecule has 0 atom stereocenters. The van der Waals surface area contributed by atoms with Gasteiger partial charge < -0.3 is 10.3 Å². The van der Waals surface area contributed by atoms with Gasteiger partial charge in [0.25, 0.3) is 5.91 Å². The number of halogens is 1. The van der Waals surface area contributed by atoms with Crippen LogP contribution in [-0.4, -0.2) is 13.0 Å². The van der Waals surface area contributed by atoms with Crippen LogP contribution in [0.3, 0.4) is 0 Å². The molecule has 0 saturated heterocycles. The number of aryl methyl sites for hydroxylation is 1. The van der Waals surface area contributed by atoms with E-state index in [4.69, 9.17) is 5.84 Å². The maximum Gasteiger partial charge on any atom is 0.260 e. The molecule has 3 N–H and O–H groups in total. The summed E-state index contributed by atoms with van der Waals surface area (Å²) in [7, 11) is 1.64. The zero-order valence-corrected chi connectivity index (χ0v) is 11.4. The molecule has 104 valence electrons. The molecule has 2 rings (SSSR count). The molecule has 0 spiro atoms. The second kappa shape index (κ2) is 5.71. The quantitative estimate of drug-likeness (QED) is 0.667. The lowest BCUT2D eigenvalue weighted by Gasteiger charge is -2.19. The van der Waals surface area contributed by atoms with Gasteiger partial charge in [-0.3, -0.25) is 10.6 Å².